The summed E-state index contributed by atoms with van der Waals surface area (Å²) >= 11 is 0. The number of carbonyl (C=O) groups excluding carboxylic acids is 1. The monoisotopic (exact) mass is 260 g/mol. The van der Waals surface area contributed by atoms with Crippen molar-refractivity contribution >= 4 is 18.3 Å². The number of amides is 1. The Labute approximate surface area is 111 Å². The van der Waals surface area contributed by atoms with Gasteiger partial charge in [0, 0.05) is 13.1 Å². The number of hydrogen-bond acceptors (Lipinski definition) is 2. The molecule has 1 heterocycles. The first-order valence-corrected chi connectivity index (χ1v) is 6.68. The normalized spacial score (nSPS) is 23.2. The summed E-state index contributed by atoms with van der Waals surface area (Å²) in [5.74, 6) is 0.271. The van der Waals surface area contributed by atoms with Crippen molar-refractivity contribution in [3.05, 3.63) is 0 Å². The molecule has 2 aliphatic rings. The SMILES string of the molecule is CNCC(=O)N1CCC2(CCCCC2)CC1.Cl. The van der Waals surface area contributed by atoms with Gasteiger partial charge in [-0.05, 0) is 38.1 Å². The van der Waals surface area contributed by atoms with E-state index in [1.807, 2.05) is 11.9 Å². The van der Waals surface area contributed by atoms with Crippen LogP contribution >= 0.6 is 12.4 Å². The Morgan fingerprint density at radius 1 is 1.12 bits per heavy atom. The van der Waals surface area contributed by atoms with Crippen LogP contribution in [0, 0.1) is 5.41 Å². The Morgan fingerprint density at radius 2 is 1.71 bits per heavy atom. The lowest BCUT2D eigenvalue weighted by molar-refractivity contribution is -0.132. The molecule has 1 aliphatic carbocycles. The predicted molar refractivity (Wildman–Crippen MR) is 72.5 cm³/mol. The fourth-order valence-corrected chi connectivity index (χ4v) is 3.30. The van der Waals surface area contributed by atoms with Gasteiger partial charge in [-0.2, -0.15) is 0 Å². The van der Waals surface area contributed by atoms with Crippen LogP contribution in [0.3, 0.4) is 0 Å². The molecule has 0 unspecified atom stereocenters. The van der Waals surface area contributed by atoms with E-state index in [4.69, 9.17) is 0 Å². The number of nitrogens with zero attached hydrogens (tertiary/aromatic N) is 1. The van der Waals surface area contributed by atoms with Gasteiger partial charge in [0.1, 0.15) is 0 Å². The van der Waals surface area contributed by atoms with Crippen molar-refractivity contribution in [1.82, 2.24) is 10.2 Å². The van der Waals surface area contributed by atoms with Crippen LogP contribution in [-0.2, 0) is 4.79 Å². The number of halogens is 1. The van der Waals surface area contributed by atoms with Gasteiger partial charge in [-0.3, -0.25) is 4.79 Å². The molecule has 17 heavy (non-hydrogen) atoms. The summed E-state index contributed by atoms with van der Waals surface area (Å²) in [4.78, 5) is 13.8. The zero-order valence-electron chi connectivity index (χ0n) is 10.8. The Kier molecular flexibility index (Phi) is 5.74. The van der Waals surface area contributed by atoms with Gasteiger partial charge in [-0.25, -0.2) is 0 Å². The lowest BCUT2D eigenvalue weighted by atomic mass is 9.68. The Balaban J connectivity index is 0.00000144. The third-order valence-electron chi connectivity index (χ3n) is 4.42. The minimum atomic E-state index is 0. The second kappa shape index (κ2) is 6.60. The van der Waals surface area contributed by atoms with E-state index in [1.165, 1.54) is 44.9 Å². The molecule has 2 rings (SSSR count). The highest BCUT2D eigenvalue weighted by Crippen LogP contribution is 2.44. The highest BCUT2D eigenvalue weighted by atomic mass is 35.5. The molecule has 3 nitrogen and oxygen atoms in total. The van der Waals surface area contributed by atoms with E-state index in [0.29, 0.717) is 12.0 Å². The van der Waals surface area contributed by atoms with Crippen LogP contribution in [0.2, 0.25) is 0 Å². The molecule has 1 aliphatic heterocycles. The van der Waals surface area contributed by atoms with Crippen LogP contribution in [0.1, 0.15) is 44.9 Å². The average molecular weight is 261 g/mol. The van der Waals surface area contributed by atoms with Crippen LogP contribution in [0.4, 0.5) is 0 Å². The number of likely N-dealkylation sites (N-methyl/N-ethyl adjacent to an activating group) is 1. The van der Waals surface area contributed by atoms with Crippen LogP contribution in [-0.4, -0.2) is 37.5 Å². The maximum absolute atomic E-state index is 11.7. The molecule has 1 N–H and O–H groups in total. The molecule has 4 heteroatoms. The largest absolute Gasteiger partial charge is 0.342 e. The molecule has 0 radical (unpaired) electrons. The summed E-state index contributed by atoms with van der Waals surface area (Å²) in [6, 6.07) is 0. The maximum Gasteiger partial charge on any atom is 0.236 e. The lowest BCUT2D eigenvalue weighted by Gasteiger charge is -2.44. The molecule has 1 saturated heterocycles. The van der Waals surface area contributed by atoms with Gasteiger partial charge in [-0.15, -0.1) is 12.4 Å². The molecule has 2 fully saturated rings. The van der Waals surface area contributed by atoms with Crippen LogP contribution in [0.5, 0.6) is 0 Å². The second-order valence-corrected chi connectivity index (χ2v) is 5.47. The van der Waals surface area contributed by atoms with Gasteiger partial charge in [0.05, 0.1) is 6.54 Å². The van der Waals surface area contributed by atoms with E-state index in [-0.39, 0.29) is 18.3 Å². The minimum absolute atomic E-state index is 0. The third-order valence-corrected chi connectivity index (χ3v) is 4.42. The Morgan fingerprint density at radius 3 is 2.24 bits per heavy atom. The molecule has 100 valence electrons. The number of carbonyl (C=O) groups is 1. The number of hydrogen-bond donors (Lipinski definition) is 1. The molecule has 0 bridgehead atoms. The highest BCUT2D eigenvalue weighted by molar-refractivity contribution is 5.85. The minimum Gasteiger partial charge on any atom is -0.342 e. The summed E-state index contributed by atoms with van der Waals surface area (Å²) in [7, 11) is 1.84. The Bertz CT molecular complexity index is 242. The fourth-order valence-electron chi connectivity index (χ4n) is 3.30. The highest BCUT2D eigenvalue weighted by Gasteiger charge is 2.36. The van der Waals surface area contributed by atoms with E-state index in [0.717, 1.165) is 13.1 Å². The van der Waals surface area contributed by atoms with Crippen molar-refractivity contribution in [3.63, 3.8) is 0 Å². The maximum atomic E-state index is 11.7. The summed E-state index contributed by atoms with van der Waals surface area (Å²) in [6.07, 6.45) is 9.52. The molecule has 1 spiro atoms. The quantitative estimate of drug-likeness (QED) is 0.826. The first-order chi connectivity index (χ1) is 7.76. The Hall–Kier alpha value is -0.280. The van der Waals surface area contributed by atoms with Gasteiger partial charge in [0.2, 0.25) is 5.91 Å². The van der Waals surface area contributed by atoms with E-state index in [2.05, 4.69) is 5.32 Å². The average Bonchev–Trinajstić information content (AvgIpc) is 2.31. The number of rotatable bonds is 2. The van der Waals surface area contributed by atoms with Gasteiger partial charge >= 0.3 is 0 Å². The van der Waals surface area contributed by atoms with Crippen LogP contribution < -0.4 is 5.32 Å². The van der Waals surface area contributed by atoms with Crippen molar-refractivity contribution < 1.29 is 4.79 Å². The number of nitrogens with one attached hydrogen (secondary N) is 1. The molecule has 0 aromatic heterocycles. The zero-order valence-corrected chi connectivity index (χ0v) is 11.7. The lowest BCUT2D eigenvalue weighted by Crippen LogP contribution is -2.46. The smallest absolute Gasteiger partial charge is 0.236 e. The summed E-state index contributed by atoms with van der Waals surface area (Å²) in [6.45, 7) is 2.47. The molecular formula is C13H25ClN2O. The van der Waals surface area contributed by atoms with Gasteiger partial charge in [0.15, 0.2) is 0 Å². The molecular weight excluding hydrogens is 236 g/mol. The summed E-state index contributed by atoms with van der Waals surface area (Å²) < 4.78 is 0. The third kappa shape index (κ3) is 3.59. The molecule has 0 aromatic carbocycles. The van der Waals surface area contributed by atoms with Crippen LogP contribution in [0.15, 0.2) is 0 Å². The second-order valence-electron chi connectivity index (χ2n) is 5.47. The topological polar surface area (TPSA) is 32.3 Å². The fraction of sp³-hybridized carbons (Fsp3) is 0.923. The van der Waals surface area contributed by atoms with E-state index < -0.39 is 0 Å². The van der Waals surface area contributed by atoms with Gasteiger partial charge < -0.3 is 10.2 Å². The predicted octanol–water partition coefficient (Wildman–Crippen LogP) is 2.20. The van der Waals surface area contributed by atoms with Crippen molar-refractivity contribution in [1.29, 1.82) is 0 Å². The van der Waals surface area contributed by atoms with Crippen LogP contribution in [0.25, 0.3) is 0 Å². The molecule has 1 amide bonds. The summed E-state index contributed by atoms with van der Waals surface area (Å²) in [5, 5.41) is 2.94. The van der Waals surface area contributed by atoms with Gasteiger partial charge in [-0.1, -0.05) is 19.3 Å². The number of piperidine rings is 1. The van der Waals surface area contributed by atoms with Crippen molar-refractivity contribution in [2.75, 3.05) is 26.7 Å². The van der Waals surface area contributed by atoms with E-state index >= 15 is 0 Å². The van der Waals surface area contributed by atoms with Crippen molar-refractivity contribution in [2.24, 2.45) is 5.41 Å². The van der Waals surface area contributed by atoms with E-state index in [1.54, 1.807) is 0 Å². The molecule has 0 aromatic rings. The first kappa shape index (κ1) is 14.8. The van der Waals surface area contributed by atoms with Crippen molar-refractivity contribution in [3.8, 4) is 0 Å². The first-order valence-electron chi connectivity index (χ1n) is 6.68. The summed E-state index contributed by atoms with van der Waals surface area (Å²) in [5.41, 5.74) is 0.606. The zero-order chi connectivity index (χ0) is 11.4. The molecule has 1 saturated carbocycles. The van der Waals surface area contributed by atoms with Gasteiger partial charge in [0.25, 0.3) is 0 Å². The number of likely N-dealkylation sites (tertiary alicyclic amines) is 1. The standard InChI is InChI=1S/C13H24N2O.ClH/c1-14-11-12(16)15-9-7-13(8-10-15)5-3-2-4-6-13;/h14H,2-11H2,1H3;1H. The van der Waals surface area contributed by atoms with E-state index in [9.17, 15) is 4.79 Å². The molecule has 0 atom stereocenters. The van der Waals surface area contributed by atoms with Crippen molar-refractivity contribution in [2.45, 2.75) is 44.9 Å².